The molecule has 268 valence electrons. The zero-order valence-electron chi connectivity index (χ0n) is 31.9. The van der Waals surface area contributed by atoms with Crippen LogP contribution in [0.15, 0.2) is 194 Å². The first-order valence-corrected chi connectivity index (χ1v) is 19.7. The molecule has 0 fully saturated rings. The molecule has 0 spiro atoms. The fourth-order valence-corrected chi connectivity index (χ4v) is 9.30. The lowest BCUT2D eigenvalue weighted by molar-refractivity contribution is 0.666. The molecule has 11 rings (SSSR count). The molecule has 57 heavy (non-hydrogen) atoms. The number of aromatic nitrogens is 2. The lowest BCUT2D eigenvalue weighted by atomic mass is 9.79. The average molecular weight is 727 g/mol. The smallest absolute Gasteiger partial charge is 0.161 e. The van der Waals surface area contributed by atoms with Crippen LogP contribution in [0.25, 0.3) is 99.6 Å². The molecule has 1 aliphatic rings. The van der Waals surface area contributed by atoms with E-state index in [1.165, 1.54) is 60.5 Å². The summed E-state index contributed by atoms with van der Waals surface area (Å²) >= 11 is 0. The van der Waals surface area contributed by atoms with Crippen molar-refractivity contribution in [2.75, 3.05) is 0 Å². The second-order valence-electron chi connectivity index (χ2n) is 15.7. The molecule has 0 N–H and O–H groups in total. The first-order valence-electron chi connectivity index (χ1n) is 19.7. The third-order valence-corrected chi connectivity index (χ3v) is 12.1. The van der Waals surface area contributed by atoms with Gasteiger partial charge in [0.1, 0.15) is 0 Å². The van der Waals surface area contributed by atoms with Crippen LogP contribution in [-0.2, 0) is 5.41 Å². The van der Waals surface area contributed by atoms with Gasteiger partial charge in [0.25, 0.3) is 0 Å². The topological polar surface area (TPSA) is 25.8 Å². The Hall–Kier alpha value is -7.16. The van der Waals surface area contributed by atoms with Gasteiger partial charge in [0.05, 0.1) is 11.4 Å². The SMILES string of the molecule is CC1(C)c2cc(-c3ccc(-c4cc(-c5cccc(-c6ccccc6)c5)nc(-c5cccc6ccccc56)n4)c4ccccc34)ccc2-c2ccc3ccccc3c21. The summed E-state index contributed by atoms with van der Waals surface area (Å²) in [5, 5.41) is 7.30. The van der Waals surface area contributed by atoms with Crippen molar-refractivity contribution in [3.05, 3.63) is 205 Å². The Morgan fingerprint density at radius 1 is 0.333 bits per heavy atom. The number of hydrogen-bond acceptors (Lipinski definition) is 2. The molecule has 0 bridgehead atoms. The Labute approximate surface area is 332 Å². The molecule has 0 saturated carbocycles. The van der Waals surface area contributed by atoms with Gasteiger partial charge in [-0.05, 0) is 95.0 Å². The first kappa shape index (κ1) is 33.2. The highest BCUT2D eigenvalue weighted by molar-refractivity contribution is 6.06. The highest BCUT2D eigenvalue weighted by Gasteiger charge is 2.37. The van der Waals surface area contributed by atoms with Gasteiger partial charge < -0.3 is 0 Å². The van der Waals surface area contributed by atoms with Gasteiger partial charge in [-0.2, -0.15) is 0 Å². The van der Waals surface area contributed by atoms with E-state index in [1.54, 1.807) is 0 Å². The van der Waals surface area contributed by atoms with Gasteiger partial charge in [0.2, 0.25) is 0 Å². The predicted molar refractivity (Wildman–Crippen MR) is 239 cm³/mol. The van der Waals surface area contributed by atoms with Crippen LogP contribution in [0.3, 0.4) is 0 Å². The number of rotatable bonds is 5. The van der Waals surface area contributed by atoms with E-state index in [0.717, 1.165) is 44.4 Å². The molecule has 0 aliphatic heterocycles. The average Bonchev–Trinajstić information content (AvgIpc) is 3.51. The van der Waals surface area contributed by atoms with Crippen LogP contribution in [-0.4, -0.2) is 9.97 Å². The monoisotopic (exact) mass is 726 g/mol. The largest absolute Gasteiger partial charge is 0.228 e. The minimum atomic E-state index is -0.134. The van der Waals surface area contributed by atoms with Crippen LogP contribution in [0.5, 0.6) is 0 Å². The highest BCUT2D eigenvalue weighted by Crippen LogP contribution is 2.52. The molecule has 10 aromatic rings. The van der Waals surface area contributed by atoms with E-state index in [4.69, 9.17) is 9.97 Å². The zero-order valence-corrected chi connectivity index (χ0v) is 31.9. The van der Waals surface area contributed by atoms with Crippen molar-refractivity contribution >= 4 is 32.3 Å². The van der Waals surface area contributed by atoms with E-state index in [0.29, 0.717) is 5.82 Å². The second kappa shape index (κ2) is 13.0. The van der Waals surface area contributed by atoms with Gasteiger partial charge in [-0.15, -0.1) is 0 Å². The van der Waals surface area contributed by atoms with E-state index < -0.39 is 0 Å². The highest BCUT2D eigenvalue weighted by atomic mass is 14.9. The Morgan fingerprint density at radius 2 is 0.912 bits per heavy atom. The van der Waals surface area contributed by atoms with Crippen LogP contribution >= 0.6 is 0 Å². The van der Waals surface area contributed by atoms with Gasteiger partial charge in [-0.3, -0.25) is 0 Å². The Bertz CT molecular complexity index is 3210. The molecule has 1 heterocycles. The minimum absolute atomic E-state index is 0.134. The number of hydrogen-bond donors (Lipinski definition) is 0. The number of fused-ring (bicyclic) bond motifs is 7. The number of benzene rings is 9. The maximum atomic E-state index is 5.39. The van der Waals surface area contributed by atoms with E-state index >= 15 is 0 Å². The summed E-state index contributed by atoms with van der Waals surface area (Å²) < 4.78 is 0. The standard InChI is InChI=1S/C55H38N2/c1-55(2)50-33-39(27-28-46(50)48-29-26-37-17-7-9-22-43(37)53(48)55)42-30-31-47(45-24-11-10-23-44(42)45)52-34-51(40-20-12-19-38(32-40)35-14-4-3-5-15-35)56-54(57-52)49-25-13-18-36-16-6-8-21-41(36)49/h3-34H,1-2H3. The second-order valence-corrected chi connectivity index (χ2v) is 15.7. The van der Waals surface area contributed by atoms with Crippen molar-refractivity contribution in [1.29, 1.82) is 0 Å². The summed E-state index contributed by atoms with van der Waals surface area (Å²) in [6, 6.07) is 70.1. The predicted octanol–water partition coefficient (Wildman–Crippen LogP) is 14.6. The molecule has 0 unspecified atom stereocenters. The van der Waals surface area contributed by atoms with Gasteiger partial charge >= 0.3 is 0 Å². The molecule has 0 saturated heterocycles. The molecule has 1 aromatic heterocycles. The number of nitrogens with zero attached hydrogens (tertiary/aromatic N) is 2. The molecule has 0 amide bonds. The van der Waals surface area contributed by atoms with Crippen molar-refractivity contribution in [2.24, 2.45) is 0 Å². The van der Waals surface area contributed by atoms with Crippen molar-refractivity contribution in [3.63, 3.8) is 0 Å². The molecule has 2 nitrogen and oxygen atoms in total. The van der Waals surface area contributed by atoms with Gasteiger partial charge in [-0.1, -0.05) is 190 Å². The van der Waals surface area contributed by atoms with Crippen LogP contribution in [0.2, 0.25) is 0 Å². The normalized spacial score (nSPS) is 12.9. The van der Waals surface area contributed by atoms with Crippen LogP contribution in [0.1, 0.15) is 25.0 Å². The van der Waals surface area contributed by atoms with Gasteiger partial charge in [0.15, 0.2) is 5.82 Å². The van der Waals surface area contributed by atoms with Crippen molar-refractivity contribution in [1.82, 2.24) is 9.97 Å². The van der Waals surface area contributed by atoms with Gasteiger partial charge in [0, 0.05) is 22.1 Å². The van der Waals surface area contributed by atoms with E-state index in [1.807, 2.05) is 0 Å². The minimum Gasteiger partial charge on any atom is -0.228 e. The summed E-state index contributed by atoms with van der Waals surface area (Å²) in [6.45, 7) is 4.76. The van der Waals surface area contributed by atoms with Crippen molar-refractivity contribution < 1.29 is 0 Å². The van der Waals surface area contributed by atoms with Crippen LogP contribution in [0.4, 0.5) is 0 Å². The van der Waals surface area contributed by atoms with Crippen molar-refractivity contribution in [3.8, 4) is 67.3 Å². The van der Waals surface area contributed by atoms with E-state index in [9.17, 15) is 0 Å². The maximum absolute atomic E-state index is 5.39. The quantitative estimate of drug-likeness (QED) is 0.176. The third kappa shape index (κ3) is 5.40. The van der Waals surface area contributed by atoms with Crippen LogP contribution < -0.4 is 0 Å². The maximum Gasteiger partial charge on any atom is 0.161 e. The fourth-order valence-electron chi connectivity index (χ4n) is 9.30. The lowest BCUT2D eigenvalue weighted by Crippen LogP contribution is -2.15. The Morgan fingerprint density at radius 3 is 1.74 bits per heavy atom. The Balaban J connectivity index is 1.08. The molecule has 2 heteroatoms. The summed E-state index contributed by atoms with van der Waals surface area (Å²) in [6.07, 6.45) is 0. The molecular weight excluding hydrogens is 689 g/mol. The Kier molecular flexibility index (Phi) is 7.55. The molecular formula is C55H38N2. The molecule has 0 radical (unpaired) electrons. The summed E-state index contributed by atoms with van der Waals surface area (Å²) in [7, 11) is 0. The van der Waals surface area contributed by atoms with Crippen LogP contribution in [0, 0.1) is 0 Å². The summed E-state index contributed by atoms with van der Waals surface area (Å²) in [5.74, 6) is 0.713. The third-order valence-electron chi connectivity index (χ3n) is 12.1. The molecule has 0 atom stereocenters. The lowest BCUT2D eigenvalue weighted by Gasteiger charge is -2.24. The van der Waals surface area contributed by atoms with E-state index in [-0.39, 0.29) is 5.41 Å². The summed E-state index contributed by atoms with van der Waals surface area (Å²) in [4.78, 5) is 10.7. The van der Waals surface area contributed by atoms with Gasteiger partial charge in [-0.25, -0.2) is 9.97 Å². The van der Waals surface area contributed by atoms with E-state index in [2.05, 4.69) is 208 Å². The van der Waals surface area contributed by atoms with Crippen molar-refractivity contribution in [2.45, 2.75) is 19.3 Å². The fraction of sp³-hybridized carbons (Fsp3) is 0.0545. The summed E-state index contributed by atoms with van der Waals surface area (Å²) in [5.41, 5.74) is 15.0. The molecule has 1 aliphatic carbocycles. The first-order chi connectivity index (χ1) is 28.0. The molecule has 9 aromatic carbocycles. The zero-order chi connectivity index (χ0) is 38.1.